The maximum Gasteiger partial charge on any atom is 0.0992 e. The third-order valence-corrected chi connectivity index (χ3v) is 11.5. The summed E-state index contributed by atoms with van der Waals surface area (Å²) in [5.41, 5.74) is 16.7. The van der Waals surface area contributed by atoms with E-state index >= 15 is 0 Å². The van der Waals surface area contributed by atoms with Crippen LogP contribution in [-0.4, -0.2) is 9.55 Å². The highest BCUT2D eigenvalue weighted by molar-refractivity contribution is 6.10. The lowest BCUT2D eigenvalue weighted by Gasteiger charge is -2.22. The molecule has 0 radical (unpaired) electrons. The molecule has 0 N–H and O–H groups in total. The number of rotatable bonds is 5. The summed E-state index contributed by atoms with van der Waals surface area (Å²) in [6.45, 7) is 6.82. The Kier molecular flexibility index (Phi) is 9.54. The Morgan fingerprint density at radius 1 is 0.684 bits per heavy atom. The van der Waals surface area contributed by atoms with Crippen LogP contribution in [0.5, 0.6) is 0 Å². The zero-order valence-corrected chi connectivity index (χ0v) is 32.5. The summed E-state index contributed by atoms with van der Waals surface area (Å²) in [6.07, 6.45) is 23.4. The van der Waals surface area contributed by atoms with Crippen LogP contribution < -0.4 is 0 Å². The fourth-order valence-electron chi connectivity index (χ4n) is 8.41. The highest BCUT2D eigenvalue weighted by Gasteiger charge is 2.21. The Labute approximate surface area is 335 Å². The fourth-order valence-corrected chi connectivity index (χ4v) is 8.41. The van der Waals surface area contributed by atoms with Crippen molar-refractivity contribution in [3.05, 3.63) is 209 Å². The molecule has 2 aliphatic carbocycles. The second-order valence-electron chi connectivity index (χ2n) is 15.1. The van der Waals surface area contributed by atoms with Gasteiger partial charge in [0.05, 0.1) is 34.1 Å². The molecule has 0 aliphatic heterocycles. The molecule has 0 saturated heterocycles. The molecule has 0 spiro atoms. The van der Waals surface area contributed by atoms with Gasteiger partial charge in [0.15, 0.2) is 0 Å². The summed E-state index contributed by atoms with van der Waals surface area (Å²) in [4.78, 5) is 5.39. The molecular weight excluding hydrogens is 691 g/mol. The number of hydrogen-bond acceptors (Lipinski definition) is 2. The molecule has 0 fully saturated rings. The third kappa shape index (κ3) is 6.81. The van der Waals surface area contributed by atoms with Crippen molar-refractivity contribution in [1.29, 1.82) is 5.26 Å². The van der Waals surface area contributed by atoms with Gasteiger partial charge in [-0.25, -0.2) is 4.98 Å². The van der Waals surface area contributed by atoms with Crippen LogP contribution in [-0.2, 0) is 0 Å². The van der Waals surface area contributed by atoms with E-state index in [9.17, 15) is 5.26 Å². The second kappa shape index (κ2) is 15.3. The molecule has 274 valence electrons. The normalized spacial score (nSPS) is 18.8. The molecule has 0 saturated carbocycles. The molecule has 2 atom stereocenters. The van der Waals surface area contributed by atoms with Crippen molar-refractivity contribution >= 4 is 39.5 Å². The van der Waals surface area contributed by atoms with E-state index in [1.807, 2.05) is 18.2 Å². The number of allylic oxidation sites excluding steroid dienone is 10. The van der Waals surface area contributed by atoms with Crippen molar-refractivity contribution in [2.45, 2.75) is 33.1 Å². The van der Waals surface area contributed by atoms with Crippen LogP contribution in [0.15, 0.2) is 176 Å². The van der Waals surface area contributed by atoms with Crippen LogP contribution in [0.25, 0.3) is 67.6 Å². The molecular formula is C54H43N3. The number of fused-ring (bicyclic) bond motifs is 4. The molecule has 57 heavy (non-hydrogen) atoms. The SMILES string of the molecule is Cc1c(/C=C2/C=C(c3ccc(-c4ccc5c(c4)c4ccc(C#N)cc4n5-c4ccccc4)cc3)C=CC2C)c(-c2ccccc2)nc2c1C(C)/C=C\C=C/C/C=C\2. The molecule has 9 rings (SSSR count). The lowest BCUT2D eigenvalue weighted by Crippen LogP contribution is -2.07. The number of hydrogen-bond donors (Lipinski definition) is 0. The molecule has 7 aromatic rings. The topological polar surface area (TPSA) is 41.6 Å². The maximum absolute atomic E-state index is 9.70. The maximum atomic E-state index is 9.70. The monoisotopic (exact) mass is 733 g/mol. The molecule has 2 unspecified atom stereocenters. The number of para-hydroxylation sites is 1. The van der Waals surface area contributed by atoms with Crippen LogP contribution in [0, 0.1) is 24.2 Å². The quantitative estimate of drug-likeness (QED) is 0.177. The molecule has 2 aromatic heterocycles. The van der Waals surface area contributed by atoms with Gasteiger partial charge >= 0.3 is 0 Å². The fraction of sp³-hybridized carbons (Fsp3) is 0.111. The molecule has 2 aliphatic rings. The van der Waals surface area contributed by atoms with Crippen LogP contribution in [0.1, 0.15) is 59.7 Å². The smallest absolute Gasteiger partial charge is 0.0992 e. The predicted molar refractivity (Wildman–Crippen MR) is 240 cm³/mol. The summed E-state index contributed by atoms with van der Waals surface area (Å²) < 4.78 is 2.26. The van der Waals surface area contributed by atoms with E-state index in [1.165, 1.54) is 38.8 Å². The van der Waals surface area contributed by atoms with E-state index in [0.29, 0.717) is 5.56 Å². The van der Waals surface area contributed by atoms with Gasteiger partial charge in [-0.3, -0.25) is 0 Å². The first kappa shape index (κ1) is 35.7. The van der Waals surface area contributed by atoms with Gasteiger partial charge in [-0.1, -0.05) is 147 Å². The first-order chi connectivity index (χ1) is 28.0. The van der Waals surface area contributed by atoms with Gasteiger partial charge in [0.25, 0.3) is 0 Å². The Morgan fingerprint density at radius 2 is 1.44 bits per heavy atom. The van der Waals surface area contributed by atoms with E-state index in [4.69, 9.17) is 4.98 Å². The molecule has 3 nitrogen and oxygen atoms in total. The number of benzene rings is 5. The summed E-state index contributed by atoms with van der Waals surface area (Å²) in [5.74, 6) is 0.468. The van der Waals surface area contributed by atoms with Crippen molar-refractivity contribution in [3.63, 3.8) is 0 Å². The number of aromatic nitrogens is 2. The van der Waals surface area contributed by atoms with E-state index in [0.717, 1.165) is 56.6 Å². The summed E-state index contributed by atoms with van der Waals surface area (Å²) in [7, 11) is 0. The van der Waals surface area contributed by atoms with Crippen molar-refractivity contribution in [2.24, 2.45) is 5.92 Å². The average molecular weight is 734 g/mol. The number of nitriles is 1. The Hall–Kier alpha value is -7.02. The summed E-state index contributed by atoms with van der Waals surface area (Å²) in [5, 5.41) is 12.0. The van der Waals surface area contributed by atoms with Gasteiger partial charge in [0.2, 0.25) is 0 Å². The van der Waals surface area contributed by atoms with E-state index < -0.39 is 0 Å². The lowest BCUT2D eigenvalue weighted by molar-refractivity contribution is 0.891. The van der Waals surface area contributed by atoms with Gasteiger partial charge < -0.3 is 4.57 Å². The zero-order valence-electron chi connectivity index (χ0n) is 32.5. The van der Waals surface area contributed by atoms with E-state index in [2.05, 4.69) is 195 Å². The Bertz CT molecular complexity index is 2890. The van der Waals surface area contributed by atoms with E-state index in [-0.39, 0.29) is 11.8 Å². The minimum atomic E-state index is 0.217. The van der Waals surface area contributed by atoms with Crippen LogP contribution >= 0.6 is 0 Å². The van der Waals surface area contributed by atoms with Gasteiger partial charge in [-0.15, -0.1) is 0 Å². The zero-order chi connectivity index (χ0) is 38.9. The number of nitrogens with zero attached hydrogens (tertiary/aromatic N) is 3. The molecule has 3 heteroatoms. The highest BCUT2D eigenvalue weighted by Crippen LogP contribution is 2.39. The Morgan fingerprint density at radius 3 is 2.23 bits per heavy atom. The third-order valence-electron chi connectivity index (χ3n) is 11.5. The average Bonchev–Trinajstić information content (AvgIpc) is 3.58. The molecule has 5 aromatic carbocycles. The van der Waals surface area contributed by atoms with Crippen LogP contribution in [0.4, 0.5) is 0 Å². The van der Waals surface area contributed by atoms with Crippen molar-refractivity contribution in [2.75, 3.05) is 0 Å². The first-order valence-corrected chi connectivity index (χ1v) is 19.8. The van der Waals surface area contributed by atoms with Crippen LogP contribution in [0.2, 0.25) is 0 Å². The van der Waals surface area contributed by atoms with Crippen molar-refractivity contribution < 1.29 is 0 Å². The second-order valence-corrected chi connectivity index (χ2v) is 15.1. The standard InChI is InChI=1S/C54H43N3/c1-36-21-23-43(32-45(36)34-48-38(3)53-37(2)15-9-5-4-6-14-20-50(53)56-54(48)42-16-10-7-11-17-42)40-24-26-41(27-25-40)44-28-30-51-49(33-44)47-29-22-39(35-55)31-52(47)57(51)46-18-12-8-13-19-46/h4-5,7-34,36-37H,6H2,1-3H3/b5-4-,15-9-,20-14-,45-34-. The predicted octanol–water partition coefficient (Wildman–Crippen LogP) is 14.0. The van der Waals surface area contributed by atoms with E-state index in [1.54, 1.807) is 0 Å². The number of pyridine rings is 1. The van der Waals surface area contributed by atoms with Crippen LogP contribution in [0.3, 0.4) is 0 Å². The summed E-state index contributed by atoms with van der Waals surface area (Å²) in [6, 6.07) is 44.9. The van der Waals surface area contributed by atoms with Crippen molar-refractivity contribution in [3.8, 4) is 34.1 Å². The minimum Gasteiger partial charge on any atom is -0.309 e. The van der Waals surface area contributed by atoms with Gasteiger partial charge in [-0.2, -0.15) is 5.26 Å². The van der Waals surface area contributed by atoms with Crippen molar-refractivity contribution in [1.82, 2.24) is 9.55 Å². The van der Waals surface area contributed by atoms with Gasteiger partial charge in [-0.05, 0) is 107 Å². The highest BCUT2D eigenvalue weighted by atomic mass is 15.0. The van der Waals surface area contributed by atoms with Gasteiger partial charge in [0.1, 0.15) is 0 Å². The summed E-state index contributed by atoms with van der Waals surface area (Å²) >= 11 is 0. The van der Waals surface area contributed by atoms with Gasteiger partial charge in [0, 0.05) is 33.5 Å². The first-order valence-electron chi connectivity index (χ1n) is 19.8. The largest absolute Gasteiger partial charge is 0.309 e. The lowest BCUT2D eigenvalue weighted by atomic mass is 9.84. The molecule has 0 amide bonds. The molecule has 2 heterocycles. The minimum absolute atomic E-state index is 0.217. The Balaban J connectivity index is 1.10. The molecule has 0 bridgehead atoms.